The molecule has 0 aliphatic heterocycles. The van der Waals surface area contributed by atoms with E-state index >= 15 is 0 Å². The third-order valence-corrected chi connectivity index (χ3v) is 8.12. The third kappa shape index (κ3) is 4.30. The van der Waals surface area contributed by atoms with Gasteiger partial charge < -0.3 is 15.0 Å². The van der Waals surface area contributed by atoms with Crippen molar-refractivity contribution in [2.75, 3.05) is 18.2 Å². The Morgan fingerprint density at radius 3 is 2.91 bits per heavy atom. The van der Waals surface area contributed by atoms with Crippen LogP contribution >= 0.6 is 34.4 Å². The summed E-state index contributed by atoms with van der Waals surface area (Å²) in [7, 11) is 1.63. The van der Waals surface area contributed by atoms with Crippen molar-refractivity contribution in [2.45, 2.75) is 25.0 Å². The van der Waals surface area contributed by atoms with Crippen molar-refractivity contribution < 1.29 is 9.53 Å². The highest BCUT2D eigenvalue weighted by Gasteiger charge is 2.21. The summed E-state index contributed by atoms with van der Waals surface area (Å²) in [5, 5.41) is 6.06. The number of nitrogens with zero attached hydrogens (tertiary/aromatic N) is 2. The van der Waals surface area contributed by atoms with Gasteiger partial charge in [0.1, 0.15) is 16.4 Å². The number of hydrogen-bond donors (Lipinski definition) is 2. The minimum Gasteiger partial charge on any atom is -0.497 e. The molecular formula is C22H20N4O3S3. The average Bonchev–Trinajstić information content (AvgIpc) is 3.50. The van der Waals surface area contributed by atoms with Crippen LogP contribution < -0.4 is 15.6 Å². The number of rotatable bonds is 7. The minimum absolute atomic E-state index is 0.0664. The number of ether oxygens (including phenoxy) is 1. The zero-order chi connectivity index (χ0) is 22.1. The number of thioether (sulfide) groups is 1. The molecular weight excluding hydrogens is 464 g/mol. The van der Waals surface area contributed by atoms with Gasteiger partial charge in [-0.2, -0.15) is 0 Å². The van der Waals surface area contributed by atoms with Crippen LogP contribution in [0.2, 0.25) is 0 Å². The topological polar surface area (TPSA) is 97.0 Å². The Morgan fingerprint density at radius 1 is 1.25 bits per heavy atom. The fraction of sp³-hybridized carbons (Fsp3) is 0.273. The predicted octanol–water partition coefficient (Wildman–Crippen LogP) is 4.48. The molecule has 1 aliphatic rings. The Kier molecular flexibility index (Phi) is 5.99. The van der Waals surface area contributed by atoms with E-state index < -0.39 is 0 Å². The van der Waals surface area contributed by atoms with Gasteiger partial charge in [-0.1, -0.05) is 0 Å². The summed E-state index contributed by atoms with van der Waals surface area (Å²) < 4.78 is 5.17. The number of fused-ring (bicyclic) bond motifs is 3. The predicted molar refractivity (Wildman–Crippen MR) is 131 cm³/mol. The number of amides is 1. The highest BCUT2D eigenvalue weighted by molar-refractivity contribution is 7.99. The molecule has 2 N–H and O–H groups in total. The van der Waals surface area contributed by atoms with Gasteiger partial charge in [0.05, 0.1) is 29.7 Å². The monoisotopic (exact) mass is 484 g/mol. The summed E-state index contributed by atoms with van der Waals surface area (Å²) in [5.74, 6) is 1.98. The van der Waals surface area contributed by atoms with E-state index in [2.05, 4.69) is 20.3 Å². The molecule has 4 aromatic rings. The van der Waals surface area contributed by atoms with E-state index in [0.29, 0.717) is 16.7 Å². The van der Waals surface area contributed by atoms with E-state index in [1.807, 2.05) is 29.6 Å². The lowest BCUT2D eigenvalue weighted by molar-refractivity contribution is -0.113. The lowest BCUT2D eigenvalue weighted by Gasteiger charge is -2.03. The fourth-order valence-electron chi connectivity index (χ4n) is 3.74. The van der Waals surface area contributed by atoms with E-state index in [1.165, 1.54) is 33.5 Å². The Hall–Kier alpha value is -2.69. The van der Waals surface area contributed by atoms with E-state index in [1.54, 1.807) is 18.4 Å². The molecule has 1 amide bonds. The van der Waals surface area contributed by atoms with Gasteiger partial charge in [0.15, 0.2) is 5.13 Å². The van der Waals surface area contributed by atoms with Crippen LogP contribution in [0.15, 0.2) is 34.4 Å². The first kappa shape index (κ1) is 21.2. The van der Waals surface area contributed by atoms with Crippen LogP contribution in [0.4, 0.5) is 5.13 Å². The van der Waals surface area contributed by atoms with Gasteiger partial charge in [-0.25, -0.2) is 9.97 Å². The first-order valence-corrected chi connectivity index (χ1v) is 13.0. The molecule has 0 fully saturated rings. The molecule has 0 spiro atoms. The maximum Gasteiger partial charge on any atom is 0.259 e. The molecule has 0 saturated carbocycles. The van der Waals surface area contributed by atoms with Crippen LogP contribution in [-0.2, 0) is 23.4 Å². The number of anilines is 1. The number of benzene rings is 1. The van der Waals surface area contributed by atoms with E-state index in [4.69, 9.17) is 4.74 Å². The standard InChI is InChI=1S/C22H20N4O3S3/c1-29-13-7-5-12(6-8-13)15-9-31-22(23-15)26-18(27)11-30-10-17-24-20(28)19-14-3-2-4-16(14)32-21(19)25-17/h5-9H,2-4,10-11H2,1H3,(H,23,26,27)(H,24,25,28). The fourth-order valence-corrected chi connectivity index (χ4v) is 6.44. The van der Waals surface area contributed by atoms with Crippen molar-refractivity contribution >= 4 is 55.7 Å². The first-order chi connectivity index (χ1) is 15.6. The summed E-state index contributed by atoms with van der Waals surface area (Å²) >= 11 is 4.42. The number of methoxy groups -OCH3 is 1. The third-order valence-electron chi connectivity index (χ3n) is 5.23. The number of aromatic nitrogens is 3. The quantitative estimate of drug-likeness (QED) is 0.402. The highest BCUT2D eigenvalue weighted by atomic mass is 32.2. The van der Waals surface area contributed by atoms with Crippen molar-refractivity contribution in [3.8, 4) is 17.0 Å². The smallest absolute Gasteiger partial charge is 0.259 e. The molecule has 0 radical (unpaired) electrons. The number of carbonyl (C=O) groups is 1. The number of thiazole rings is 1. The molecule has 3 aromatic heterocycles. The number of carbonyl (C=O) groups excluding carboxylic acids is 1. The molecule has 164 valence electrons. The second-order valence-electron chi connectivity index (χ2n) is 7.36. The zero-order valence-corrected chi connectivity index (χ0v) is 19.7. The maximum absolute atomic E-state index is 12.5. The SMILES string of the molecule is COc1ccc(-c2csc(NC(=O)CSCc3nc4sc5c(c4c(=O)[nH]3)CCC5)n2)cc1. The van der Waals surface area contributed by atoms with Crippen LogP contribution in [0, 0.1) is 0 Å². The van der Waals surface area contributed by atoms with Crippen LogP contribution in [0.25, 0.3) is 21.5 Å². The van der Waals surface area contributed by atoms with Crippen molar-refractivity contribution in [2.24, 2.45) is 0 Å². The van der Waals surface area contributed by atoms with E-state index in [9.17, 15) is 9.59 Å². The van der Waals surface area contributed by atoms with Crippen molar-refractivity contribution in [3.63, 3.8) is 0 Å². The molecule has 1 aromatic carbocycles. The molecule has 1 aliphatic carbocycles. The maximum atomic E-state index is 12.5. The lowest BCUT2D eigenvalue weighted by atomic mass is 10.2. The molecule has 32 heavy (non-hydrogen) atoms. The highest BCUT2D eigenvalue weighted by Crippen LogP contribution is 2.34. The van der Waals surface area contributed by atoms with Gasteiger partial charge in [-0.05, 0) is 49.1 Å². The molecule has 0 unspecified atom stereocenters. The number of nitrogens with one attached hydrogen (secondary N) is 2. The van der Waals surface area contributed by atoms with E-state index in [0.717, 1.165) is 46.5 Å². The van der Waals surface area contributed by atoms with Gasteiger partial charge in [0.2, 0.25) is 5.91 Å². The molecule has 3 heterocycles. The molecule has 5 rings (SSSR count). The van der Waals surface area contributed by atoms with E-state index in [-0.39, 0.29) is 17.2 Å². The summed E-state index contributed by atoms with van der Waals surface area (Å²) in [4.78, 5) is 39.0. The molecule has 0 bridgehead atoms. The molecule has 10 heteroatoms. The van der Waals surface area contributed by atoms with Crippen molar-refractivity contribution in [1.29, 1.82) is 0 Å². The zero-order valence-electron chi connectivity index (χ0n) is 17.3. The van der Waals surface area contributed by atoms with Crippen LogP contribution in [0.1, 0.15) is 22.7 Å². The minimum atomic E-state index is -0.135. The van der Waals surface area contributed by atoms with Crippen molar-refractivity contribution in [3.05, 3.63) is 56.3 Å². The first-order valence-electron chi connectivity index (χ1n) is 10.1. The largest absolute Gasteiger partial charge is 0.497 e. The summed E-state index contributed by atoms with van der Waals surface area (Å²) in [6.07, 6.45) is 3.12. The summed E-state index contributed by atoms with van der Waals surface area (Å²) in [6.45, 7) is 0. The van der Waals surface area contributed by atoms with Gasteiger partial charge in [0.25, 0.3) is 5.56 Å². The van der Waals surface area contributed by atoms with Crippen LogP contribution in [0.5, 0.6) is 5.75 Å². The Balaban J connectivity index is 1.17. The Bertz CT molecular complexity index is 1340. The van der Waals surface area contributed by atoms with Crippen molar-refractivity contribution in [1.82, 2.24) is 15.0 Å². The molecule has 0 atom stereocenters. The Morgan fingerprint density at radius 2 is 2.09 bits per heavy atom. The number of thiophene rings is 1. The number of aromatic amines is 1. The molecule has 7 nitrogen and oxygen atoms in total. The van der Waals surface area contributed by atoms with Crippen LogP contribution in [0.3, 0.4) is 0 Å². The second kappa shape index (κ2) is 9.05. The number of H-pyrrole nitrogens is 1. The normalized spacial score (nSPS) is 12.8. The van der Waals surface area contributed by atoms with Gasteiger partial charge in [-0.3, -0.25) is 9.59 Å². The summed E-state index contributed by atoms with van der Waals surface area (Å²) in [5.41, 5.74) is 2.87. The van der Waals surface area contributed by atoms with Gasteiger partial charge in [-0.15, -0.1) is 34.4 Å². The molecule has 0 saturated heterocycles. The lowest BCUT2D eigenvalue weighted by Crippen LogP contribution is -2.15. The number of hydrogen-bond acceptors (Lipinski definition) is 8. The Labute approximate surface area is 196 Å². The number of aryl methyl sites for hydroxylation is 2. The van der Waals surface area contributed by atoms with Gasteiger partial charge >= 0.3 is 0 Å². The van der Waals surface area contributed by atoms with Crippen LogP contribution in [-0.4, -0.2) is 33.7 Å². The summed E-state index contributed by atoms with van der Waals surface area (Å²) in [6, 6.07) is 7.62. The second-order valence-corrected chi connectivity index (χ2v) is 10.3. The average molecular weight is 485 g/mol. The van der Waals surface area contributed by atoms with Gasteiger partial charge in [0, 0.05) is 15.8 Å².